The van der Waals surface area contributed by atoms with Crippen molar-refractivity contribution in [1.29, 1.82) is 0 Å². The van der Waals surface area contributed by atoms with Gasteiger partial charge in [-0.3, -0.25) is 4.79 Å². The van der Waals surface area contributed by atoms with E-state index in [0.29, 0.717) is 25.2 Å². The van der Waals surface area contributed by atoms with Crippen LogP contribution < -0.4 is 0 Å². The third-order valence-corrected chi connectivity index (χ3v) is 4.39. The van der Waals surface area contributed by atoms with Gasteiger partial charge in [0.25, 0.3) is 5.91 Å². The zero-order valence-electron chi connectivity index (χ0n) is 12.7. The minimum absolute atomic E-state index is 0.176. The van der Waals surface area contributed by atoms with E-state index in [0.717, 1.165) is 23.7 Å². The summed E-state index contributed by atoms with van der Waals surface area (Å²) in [7, 11) is 0. The summed E-state index contributed by atoms with van der Waals surface area (Å²) in [5.41, 5.74) is 1.59. The number of likely N-dealkylation sites (tertiary alicyclic amines) is 1. The fourth-order valence-electron chi connectivity index (χ4n) is 3.31. The van der Waals surface area contributed by atoms with Crippen molar-refractivity contribution in [2.45, 2.75) is 38.8 Å². The average molecular weight is 300 g/mol. The Hall–Kier alpha value is -2.30. The summed E-state index contributed by atoms with van der Waals surface area (Å²) in [6, 6.07) is 9.02. The molecule has 116 valence electrons. The summed E-state index contributed by atoms with van der Waals surface area (Å²) in [5.74, 6) is -1.09. The lowest BCUT2D eigenvalue weighted by Gasteiger charge is -2.33. The van der Waals surface area contributed by atoms with Crippen LogP contribution in [0.4, 0.5) is 0 Å². The van der Waals surface area contributed by atoms with Crippen molar-refractivity contribution in [3.05, 3.63) is 36.0 Å². The molecule has 1 aromatic heterocycles. The molecule has 1 amide bonds. The topological polar surface area (TPSA) is 62.5 Å². The Morgan fingerprint density at radius 1 is 1.27 bits per heavy atom. The van der Waals surface area contributed by atoms with Crippen molar-refractivity contribution in [1.82, 2.24) is 9.47 Å². The van der Waals surface area contributed by atoms with Gasteiger partial charge >= 0.3 is 5.97 Å². The molecule has 0 saturated carbocycles. The first-order valence-electron chi connectivity index (χ1n) is 7.75. The molecule has 1 N–H and O–H groups in total. The quantitative estimate of drug-likeness (QED) is 0.948. The normalized spacial score (nSPS) is 18.6. The molecule has 0 spiro atoms. The standard InChI is InChI=1S/C17H20N2O3/c1-2-18-13-8-4-3-7-12(13)11-15(18)16(20)19-10-6-5-9-14(19)17(21)22/h3-4,7-8,11,14H,2,5-6,9-10H2,1H3,(H,21,22)/t14-/m1/s1. The monoisotopic (exact) mass is 300 g/mol. The lowest BCUT2D eigenvalue weighted by molar-refractivity contribution is -0.143. The average Bonchev–Trinajstić information content (AvgIpc) is 2.92. The molecule has 1 saturated heterocycles. The molecule has 0 radical (unpaired) electrons. The number of para-hydroxylation sites is 1. The van der Waals surface area contributed by atoms with E-state index < -0.39 is 12.0 Å². The molecular formula is C17H20N2O3. The van der Waals surface area contributed by atoms with Gasteiger partial charge in [-0.25, -0.2) is 4.79 Å². The molecule has 5 heteroatoms. The Kier molecular flexibility index (Phi) is 3.88. The second-order valence-corrected chi connectivity index (χ2v) is 5.68. The number of aryl methyl sites for hydroxylation is 1. The number of fused-ring (bicyclic) bond motifs is 1. The number of hydrogen-bond acceptors (Lipinski definition) is 2. The molecule has 0 aliphatic carbocycles. The van der Waals surface area contributed by atoms with Gasteiger partial charge in [-0.1, -0.05) is 18.2 Å². The number of aromatic nitrogens is 1. The third-order valence-electron chi connectivity index (χ3n) is 4.39. The molecule has 2 heterocycles. The summed E-state index contributed by atoms with van der Waals surface area (Å²) in [6.45, 7) is 3.19. The summed E-state index contributed by atoms with van der Waals surface area (Å²) >= 11 is 0. The second-order valence-electron chi connectivity index (χ2n) is 5.68. The number of carbonyl (C=O) groups is 2. The minimum Gasteiger partial charge on any atom is -0.480 e. The molecule has 0 bridgehead atoms. The predicted molar refractivity (Wildman–Crippen MR) is 83.9 cm³/mol. The van der Waals surface area contributed by atoms with E-state index in [1.54, 1.807) is 0 Å². The zero-order chi connectivity index (χ0) is 15.7. The molecule has 1 fully saturated rings. The Balaban J connectivity index is 2.02. The molecule has 0 unspecified atom stereocenters. The van der Waals surface area contributed by atoms with E-state index in [1.165, 1.54) is 4.90 Å². The van der Waals surface area contributed by atoms with Gasteiger partial charge < -0.3 is 14.6 Å². The number of amides is 1. The van der Waals surface area contributed by atoms with E-state index in [4.69, 9.17) is 0 Å². The molecule has 1 aliphatic heterocycles. The van der Waals surface area contributed by atoms with Gasteiger partial charge in [0, 0.05) is 24.0 Å². The fourth-order valence-corrected chi connectivity index (χ4v) is 3.31. The maximum atomic E-state index is 12.9. The van der Waals surface area contributed by atoms with E-state index in [-0.39, 0.29) is 5.91 Å². The van der Waals surface area contributed by atoms with Crippen LogP contribution in [0.1, 0.15) is 36.7 Å². The van der Waals surface area contributed by atoms with Crippen molar-refractivity contribution in [2.75, 3.05) is 6.54 Å². The van der Waals surface area contributed by atoms with Crippen LogP contribution in [0.2, 0.25) is 0 Å². The van der Waals surface area contributed by atoms with Crippen molar-refractivity contribution >= 4 is 22.8 Å². The highest BCUT2D eigenvalue weighted by Crippen LogP contribution is 2.24. The number of benzene rings is 1. The first-order valence-corrected chi connectivity index (χ1v) is 7.75. The number of carboxylic acid groups (broad SMARTS) is 1. The maximum absolute atomic E-state index is 12.9. The molecule has 5 nitrogen and oxygen atoms in total. The van der Waals surface area contributed by atoms with E-state index in [9.17, 15) is 14.7 Å². The number of hydrogen-bond donors (Lipinski definition) is 1. The Morgan fingerprint density at radius 3 is 2.77 bits per heavy atom. The SMILES string of the molecule is CCn1c(C(=O)N2CCCC[C@@H]2C(=O)O)cc2ccccc21. The second kappa shape index (κ2) is 5.83. The largest absolute Gasteiger partial charge is 0.480 e. The molecule has 3 rings (SSSR count). The smallest absolute Gasteiger partial charge is 0.326 e. The maximum Gasteiger partial charge on any atom is 0.326 e. The van der Waals surface area contributed by atoms with Crippen LogP contribution in [0.3, 0.4) is 0 Å². The van der Waals surface area contributed by atoms with Gasteiger partial charge in [0.05, 0.1) is 0 Å². The van der Waals surface area contributed by atoms with E-state index >= 15 is 0 Å². The van der Waals surface area contributed by atoms with Crippen molar-refractivity contribution in [3.8, 4) is 0 Å². The van der Waals surface area contributed by atoms with Crippen molar-refractivity contribution < 1.29 is 14.7 Å². The van der Waals surface area contributed by atoms with Crippen LogP contribution >= 0.6 is 0 Å². The van der Waals surface area contributed by atoms with Crippen molar-refractivity contribution in [3.63, 3.8) is 0 Å². The number of nitrogens with zero attached hydrogens (tertiary/aromatic N) is 2. The zero-order valence-corrected chi connectivity index (χ0v) is 12.7. The Morgan fingerprint density at radius 2 is 2.05 bits per heavy atom. The molecule has 1 atom stereocenters. The van der Waals surface area contributed by atoms with Gasteiger partial charge in [-0.15, -0.1) is 0 Å². The summed E-state index contributed by atoms with van der Waals surface area (Å²) in [5, 5.41) is 10.4. The van der Waals surface area contributed by atoms with Crippen LogP contribution in [0.5, 0.6) is 0 Å². The van der Waals surface area contributed by atoms with Gasteiger partial charge in [-0.2, -0.15) is 0 Å². The van der Waals surface area contributed by atoms with Crippen LogP contribution in [-0.4, -0.2) is 39.0 Å². The van der Waals surface area contributed by atoms with E-state index in [2.05, 4.69) is 0 Å². The van der Waals surface area contributed by atoms with Crippen LogP contribution in [0.15, 0.2) is 30.3 Å². The fraction of sp³-hybridized carbons (Fsp3) is 0.412. The molecule has 1 aliphatic rings. The third kappa shape index (κ3) is 2.36. The molecular weight excluding hydrogens is 280 g/mol. The lowest BCUT2D eigenvalue weighted by Crippen LogP contribution is -2.48. The number of carbonyl (C=O) groups excluding carboxylic acids is 1. The first-order chi connectivity index (χ1) is 10.6. The number of rotatable bonds is 3. The van der Waals surface area contributed by atoms with E-state index in [1.807, 2.05) is 41.8 Å². The Labute approximate surface area is 129 Å². The predicted octanol–water partition coefficient (Wildman–Crippen LogP) is 2.74. The Bertz CT molecular complexity index is 720. The van der Waals surface area contributed by atoms with Gasteiger partial charge in [0.1, 0.15) is 11.7 Å². The van der Waals surface area contributed by atoms with Gasteiger partial charge in [0.15, 0.2) is 0 Å². The highest BCUT2D eigenvalue weighted by molar-refractivity contribution is 6.00. The number of carboxylic acids is 1. The number of piperidine rings is 1. The van der Waals surface area contributed by atoms with Crippen LogP contribution in [0, 0.1) is 0 Å². The minimum atomic E-state index is -0.910. The van der Waals surface area contributed by atoms with Gasteiger partial charge in [-0.05, 0) is 38.3 Å². The molecule has 1 aromatic carbocycles. The summed E-state index contributed by atoms with van der Waals surface area (Å²) in [4.78, 5) is 25.9. The lowest BCUT2D eigenvalue weighted by atomic mass is 10.0. The molecule has 22 heavy (non-hydrogen) atoms. The van der Waals surface area contributed by atoms with Crippen LogP contribution in [-0.2, 0) is 11.3 Å². The van der Waals surface area contributed by atoms with Crippen LogP contribution in [0.25, 0.3) is 10.9 Å². The summed E-state index contributed by atoms with van der Waals surface area (Å²) < 4.78 is 1.96. The highest BCUT2D eigenvalue weighted by Gasteiger charge is 2.33. The molecule has 2 aromatic rings. The van der Waals surface area contributed by atoms with Gasteiger partial charge in [0.2, 0.25) is 0 Å². The number of aliphatic carboxylic acids is 1. The summed E-state index contributed by atoms with van der Waals surface area (Å²) in [6.07, 6.45) is 2.26. The van der Waals surface area contributed by atoms with Crippen molar-refractivity contribution in [2.24, 2.45) is 0 Å². The first kappa shape index (κ1) is 14.6. The highest BCUT2D eigenvalue weighted by atomic mass is 16.4.